The predicted octanol–water partition coefficient (Wildman–Crippen LogP) is 4.09. The normalized spacial score (nSPS) is 11.4. The molecule has 0 spiro atoms. The second-order valence-electron chi connectivity index (χ2n) is 5.02. The van der Waals surface area contributed by atoms with E-state index in [1.165, 1.54) is 31.3 Å². The first kappa shape index (κ1) is 15.7. The van der Waals surface area contributed by atoms with Crippen LogP contribution in [0.5, 0.6) is 0 Å². The van der Waals surface area contributed by atoms with Gasteiger partial charge in [0.15, 0.2) is 0 Å². The van der Waals surface area contributed by atoms with Gasteiger partial charge in [0.2, 0.25) is 0 Å². The maximum absolute atomic E-state index is 5.72. The highest BCUT2D eigenvalue weighted by Crippen LogP contribution is 2.42. The molecule has 0 aliphatic rings. The molecule has 0 aromatic heterocycles. The molecule has 0 saturated carbocycles. The van der Waals surface area contributed by atoms with E-state index in [2.05, 4.69) is 48.5 Å². The van der Waals surface area contributed by atoms with Gasteiger partial charge in [-0.3, -0.25) is 0 Å². The van der Waals surface area contributed by atoms with Crippen molar-refractivity contribution in [3.63, 3.8) is 0 Å². The molecule has 3 aromatic carbocycles. The van der Waals surface area contributed by atoms with Gasteiger partial charge in [-0.1, -0.05) is 48.5 Å². The lowest BCUT2D eigenvalue weighted by Crippen LogP contribution is -2.02. The van der Waals surface area contributed by atoms with Gasteiger partial charge in [-0.05, 0) is 21.5 Å². The maximum atomic E-state index is 5.72. The van der Waals surface area contributed by atoms with Crippen LogP contribution in [0.25, 0.3) is 21.5 Å². The van der Waals surface area contributed by atoms with Crippen LogP contribution in [0.15, 0.2) is 58.3 Å². The van der Waals surface area contributed by atoms with Gasteiger partial charge in [0.25, 0.3) is 0 Å². The fourth-order valence-electron chi connectivity index (χ4n) is 2.68. The monoisotopic (exact) mass is 328 g/mol. The zero-order valence-electron chi connectivity index (χ0n) is 12.4. The van der Waals surface area contributed by atoms with Crippen LogP contribution in [0.1, 0.15) is 0 Å². The summed E-state index contributed by atoms with van der Waals surface area (Å²) >= 11 is 3.71. The number of fused-ring (bicyclic) bond motifs is 2. The predicted molar refractivity (Wildman–Crippen MR) is 101 cm³/mol. The van der Waals surface area contributed by atoms with E-state index in [-0.39, 0.29) is 0 Å². The summed E-state index contributed by atoms with van der Waals surface area (Å²) in [6.45, 7) is 1.38. The topological polar surface area (TPSA) is 52.0 Å². The van der Waals surface area contributed by atoms with Crippen molar-refractivity contribution in [2.45, 2.75) is 9.79 Å². The highest BCUT2D eigenvalue weighted by atomic mass is 32.2. The average molecular weight is 329 g/mol. The van der Waals surface area contributed by atoms with Crippen molar-refractivity contribution in [2.75, 3.05) is 24.6 Å². The quantitative estimate of drug-likeness (QED) is 0.528. The van der Waals surface area contributed by atoms with E-state index in [0.717, 1.165) is 11.5 Å². The van der Waals surface area contributed by atoms with Gasteiger partial charge >= 0.3 is 0 Å². The molecule has 0 aliphatic carbocycles. The average Bonchev–Trinajstić information content (AvgIpc) is 2.58. The molecule has 0 fully saturated rings. The first-order valence-corrected chi connectivity index (χ1v) is 9.43. The summed E-state index contributed by atoms with van der Waals surface area (Å²) in [6.07, 6.45) is 0. The minimum Gasteiger partial charge on any atom is -0.330 e. The summed E-state index contributed by atoms with van der Waals surface area (Å²) in [6, 6.07) is 17.3. The number of hydrogen-bond acceptors (Lipinski definition) is 4. The number of hydrogen-bond donors (Lipinski definition) is 2. The van der Waals surface area contributed by atoms with E-state index in [0.29, 0.717) is 13.1 Å². The van der Waals surface area contributed by atoms with Crippen LogP contribution >= 0.6 is 23.5 Å². The smallest absolute Gasteiger partial charge is 0.0230 e. The van der Waals surface area contributed by atoms with Gasteiger partial charge in [-0.2, -0.15) is 0 Å². The SMILES string of the molecule is NCCSc1c2ccccc2c(SCCN)c2ccccc12. The Labute approximate surface area is 139 Å². The van der Waals surface area contributed by atoms with Crippen molar-refractivity contribution >= 4 is 45.1 Å². The van der Waals surface area contributed by atoms with E-state index in [1.54, 1.807) is 0 Å². The minimum absolute atomic E-state index is 0.691. The van der Waals surface area contributed by atoms with E-state index >= 15 is 0 Å². The number of thioether (sulfide) groups is 2. The molecular weight excluding hydrogens is 308 g/mol. The van der Waals surface area contributed by atoms with Gasteiger partial charge in [0.05, 0.1) is 0 Å². The summed E-state index contributed by atoms with van der Waals surface area (Å²) in [5.41, 5.74) is 11.4. The number of benzene rings is 3. The molecule has 0 saturated heterocycles. The molecule has 114 valence electrons. The second kappa shape index (κ2) is 7.38. The summed E-state index contributed by atoms with van der Waals surface area (Å²) in [4.78, 5) is 2.68. The molecule has 0 radical (unpaired) electrons. The lowest BCUT2D eigenvalue weighted by Gasteiger charge is -2.15. The maximum Gasteiger partial charge on any atom is 0.0230 e. The third-order valence-corrected chi connectivity index (χ3v) is 5.90. The minimum atomic E-state index is 0.691. The highest BCUT2D eigenvalue weighted by Gasteiger charge is 2.13. The van der Waals surface area contributed by atoms with E-state index in [1.807, 2.05) is 23.5 Å². The summed E-state index contributed by atoms with van der Waals surface area (Å²) in [5.74, 6) is 1.87. The molecule has 4 N–H and O–H groups in total. The Balaban J connectivity index is 2.32. The molecular formula is C18H20N2S2. The lowest BCUT2D eigenvalue weighted by atomic mass is 10.0. The molecule has 0 atom stereocenters. The third-order valence-electron chi connectivity index (χ3n) is 3.56. The molecule has 0 bridgehead atoms. The molecule has 0 aliphatic heterocycles. The molecule has 2 nitrogen and oxygen atoms in total. The van der Waals surface area contributed by atoms with Crippen molar-refractivity contribution in [3.8, 4) is 0 Å². The molecule has 0 amide bonds. The lowest BCUT2D eigenvalue weighted by molar-refractivity contribution is 1.15. The van der Waals surface area contributed by atoms with Crippen LogP contribution in [0.3, 0.4) is 0 Å². The Bertz CT molecular complexity index is 663. The zero-order valence-corrected chi connectivity index (χ0v) is 14.1. The van der Waals surface area contributed by atoms with Crippen molar-refractivity contribution in [3.05, 3.63) is 48.5 Å². The summed E-state index contributed by atoms with van der Waals surface area (Å²) in [7, 11) is 0. The highest BCUT2D eigenvalue weighted by molar-refractivity contribution is 8.00. The molecule has 22 heavy (non-hydrogen) atoms. The largest absolute Gasteiger partial charge is 0.330 e. The van der Waals surface area contributed by atoms with Crippen LogP contribution in [0, 0.1) is 0 Å². The van der Waals surface area contributed by atoms with Crippen molar-refractivity contribution in [1.29, 1.82) is 0 Å². The zero-order chi connectivity index (χ0) is 15.4. The molecule has 3 aromatic rings. The van der Waals surface area contributed by atoms with Crippen LogP contribution in [-0.2, 0) is 0 Å². The molecule has 4 heteroatoms. The van der Waals surface area contributed by atoms with Crippen molar-refractivity contribution in [1.82, 2.24) is 0 Å². The van der Waals surface area contributed by atoms with Crippen molar-refractivity contribution < 1.29 is 0 Å². The Hall–Kier alpha value is -1.20. The van der Waals surface area contributed by atoms with E-state index in [4.69, 9.17) is 11.5 Å². The Morgan fingerprint density at radius 1 is 0.591 bits per heavy atom. The molecule has 0 unspecified atom stereocenters. The Kier molecular flexibility index (Phi) is 5.26. The molecule has 0 heterocycles. The van der Waals surface area contributed by atoms with Crippen LogP contribution in [0.4, 0.5) is 0 Å². The first-order valence-electron chi connectivity index (χ1n) is 7.46. The Morgan fingerprint density at radius 2 is 0.909 bits per heavy atom. The fourth-order valence-corrected chi connectivity index (χ4v) is 4.66. The summed E-state index contributed by atoms with van der Waals surface area (Å²) < 4.78 is 0. The van der Waals surface area contributed by atoms with Gasteiger partial charge in [0, 0.05) is 34.4 Å². The number of nitrogens with two attached hydrogens (primary N) is 2. The van der Waals surface area contributed by atoms with Gasteiger partial charge < -0.3 is 11.5 Å². The van der Waals surface area contributed by atoms with Gasteiger partial charge in [0.1, 0.15) is 0 Å². The third kappa shape index (κ3) is 2.97. The van der Waals surface area contributed by atoms with Crippen LogP contribution in [-0.4, -0.2) is 24.6 Å². The fraction of sp³-hybridized carbons (Fsp3) is 0.222. The molecule has 3 rings (SSSR count). The number of rotatable bonds is 6. The Morgan fingerprint density at radius 3 is 1.18 bits per heavy atom. The summed E-state index contributed by atoms with van der Waals surface area (Å²) in [5, 5.41) is 5.27. The van der Waals surface area contributed by atoms with Crippen LogP contribution in [0.2, 0.25) is 0 Å². The van der Waals surface area contributed by atoms with E-state index < -0.39 is 0 Å². The standard InChI is InChI=1S/C18H20N2S2/c19-9-11-21-17-13-5-1-2-6-14(13)18(22-12-10-20)16-8-4-3-7-15(16)17/h1-8H,9-12,19-20H2. The second-order valence-corrected chi connectivity index (χ2v) is 7.23. The van der Waals surface area contributed by atoms with E-state index in [9.17, 15) is 0 Å². The van der Waals surface area contributed by atoms with Crippen molar-refractivity contribution in [2.24, 2.45) is 11.5 Å². The van der Waals surface area contributed by atoms with Gasteiger partial charge in [-0.25, -0.2) is 0 Å². The first-order chi connectivity index (χ1) is 10.9. The van der Waals surface area contributed by atoms with Gasteiger partial charge in [-0.15, -0.1) is 23.5 Å². The van der Waals surface area contributed by atoms with Crippen LogP contribution < -0.4 is 11.5 Å².